The van der Waals surface area contributed by atoms with Crippen molar-refractivity contribution < 1.29 is 18.1 Å². The Kier molecular flexibility index (Phi) is 5.77. The Labute approximate surface area is 188 Å². The Morgan fingerprint density at radius 1 is 0.938 bits per heavy atom. The summed E-state index contributed by atoms with van der Waals surface area (Å²) >= 11 is 1.22. The molecule has 0 saturated heterocycles. The second kappa shape index (κ2) is 8.52. The van der Waals surface area contributed by atoms with Gasteiger partial charge in [0.25, 0.3) is 15.7 Å². The van der Waals surface area contributed by atoms with Gasteiger partial charge in [0, 0.05) is 28.2 Å². The lowest BCUT2D eigenvalue weighted by molar-refractivity contribution is -0.385. The molecule has 0 heterocycles. The van der Waals surface area contributed by atoms with Crippen LogP contribution in [-0.2, 0) is 10.0 Å². The molecule has 0 N–H and O–H groups in total. The van der Waals surface area contributed by atoms with Crippen LogP contribution in [0.25, 0.3) is 0 Å². The van der Waals surface area contributed by atoms with E-state index in [1.165, 1.54) is 36.0 Å². The Bertz CT molecular complexity index is 1410. The van der Waals surface area contributed by atoms with Crippen LogP contribution < -0.4 is 0 Å². The molecule has 0 amide bonds. The van der Waals surface area contributed by atoms with E-state index >= 15 is 0 Å². The summed E-state index contributed by atoms with van der Waals surface area (Å²) in [6, 6.07) is 18.9. The number of fused-ring (bicyclic) bond motifs is 1. The second-order valence-electron chi connectivity index (χ2n) is 7.00. The molecular weight excluding hydrogens is 448 g/mol. The van der Waals surface area contributed by atoms with Gasteiger partial charge >= 0.3 is 0 Å². The summed E-state index contributed by atoms with van der Waals surface area (Å²) in [5.74, 6) is -0.224. The third-order valence-corrected chi connectivity index (χ3v) is 7.05. The number of nitro groups is 1. The highest BCUT2D eigenvalue weighted by Gasteiger charge is 2.27. The SMILES string of the molecule is Cc1ccc(SC2=CC(=NS(=O)(=O)c3cccc([N+](=O)[O-])c3)c3ccccc3C2=O)cc1. The average molecular weight is 465 g/mol. The molecule has 0 aliphatic heterocycles. The zero-order valence-electron chi connectivity index (χ0n) is 16.8. The van der Waals surface area contributed by atoms with E-state index in [1.807, 2.05) is 31.2 Å². The van der Waals surface area contributed by atoms with Crippen molar-refractivity contribution in [2.75, 3.05) is 0 Å². The molecule has 0 saturated carbocycles. The summed E-state index contributed by atoms with van der Waals surface area (Å²) in [4.78, 5) is 24.2. The van der Waals surface area contributed by atoms with Crippen LogP contribution in [0.4, 0.5) is 5.69 Å². The molecule has 0 bridgehead atoms. The van der Waals surface area contributed by atoms with Crippen LogP contribution in [0.1, 0.15) is 21.5 Å². The second-order valence-corrected chi connectivity index (χ2v) is 9.72. The number of carbonyl (C=O) groups is 1. The van der Waals surface area contributed by atoms with Crippen LogP contribution in [0.3, 0.4) is 0 Å². The van der Waals surface area contributed by atoms with E-state index in [9.17, 15) is 23.3 Å². The van der Waals surface area contributed by atoms with Gasteiger partial charge in [0.05, 0.1) is 20.4 Å². The maximum atomic E-state index is 13.0. The number of hydrogen-bond acceptors (Lipinski definition) is 6. The molecule has 1 aliphatic rings. The first-order chi connectivity index (χ1) is 15.2. The molecule has 32 heavy (non-hydrogen) atoms. The third-order valence-electron chi connectivity index (χ3n) is 4.73. The number of sulfonamides is 1. The van der Waals surface area contributed by atoms with Crippen molar-refractivity contribution in [1.82, 2.24) is 0 Å². The lowest BCUT2D eigenvalue weighted by atomic mass is 9.94. The van der Waals surface area contributed by atoms with Gasteiger partial charge in [-0.25, -0.2) is 0 Å². The van der Waals surface area contributed by atoms with E-state index < -0.39 is 14.9 Å². The molecule has 7 nitrogen and oxygen atoms in total. The minimum atomic E-state index is -4.26. The highest BCUT2D eigenvalue weighted by atomic mass is 32.2. The summed E-state index contributed by atoms with van der Waals surface area (Å²) in [6.07, 6.45) is 1.45. The van der Waals surface area contributed by atoms with Crippen molar-refractivity contribution in [3.05, 3.63) is 111 Å². The number of nitro benzene ring substituents is 1. The van der Waals surface area contributed by atoms with Crippen LogP contribution >= 0.6 is 11.8 Å². The number of benzene rings is 3. The number of non-ortho nitro benzene ring substituents is 1. The Hall–Kier alpha value is -3.56. The van der Waals surface area contributed by atoms with E-state index in [0.717, 1.165) is 16.5 Å². The maximum absolute atomic E-state index is 13.0. The highest BCUT2D eigenvalue weighted by Crippen LogP contribution is 2.34. The predicted octanol–water partition coefficient (Wildman–Crippen LogP) is 4.95. The first-order valence-electron chi connectivity index (χ1n) is 9.44. The van der Waals surface area contributed by atoms with Gasteiger partial charge < -0.3 is 0 Å². The molecule has 0 aromatic heterocycles. The van der Waals surface area contributed by atoms with E-state index in [1.54, 1.807) is 24.3 Å². The molecule has 4 rings (SSSR count). The zero-order chi connectivity index (χ0) is 22.9. The van der Waals surface area contributed by atoms with Crippen LogP contribution in [0.5, 0.6) is 0 Å². The standard InChI is InChI=1S/C23H16N2O5S2/c1-15-9-11-17(12-10-15)31-22-14-21(19-7-2-3-8-20(19)23(22)26)24-32(29,30)18-6-4-5-16(13-18)25(27)28/h2-14H,1H3. The van der Waals surface area contributed by atoms with Crippen molar-refractivity contribution in [2.24, 2.45) is 4.40 Å². The molecule has 160 valence electrons. The molecule has 0 fully saturated rings. The van der Waals surface area contributed by atoms with Gasteiger partial charge in [-0.15, -0.1) is 0 Å². The Morgan fingerprint density at radius 2 is 1.62 bits per heavy atom. The number of ketones is 1. The van der Waals surface area contributed by atoms with Crippen LogP contribution in [0.15, 0.2) is 98.0 Å². The molecule has 1 aliphatic carbocycles. The molecule has 0 atom stereocenters. The molecule has 0 unspecified atom stereocenters. The first kappa shape index (κ1) is 21.7. The average Bonchev–Trinajstić information content (AvgIpc) is 2.78. The fourth-order valence-electron chi connectivity index (χ4n) is 3.13. The maximum Gasteiger partial charge on any atom is 0.283 e. The number of rotatable bonds is 5. The smallest absolute Gasteiger partial charge is 0.283 e. The Morgan fingerprint density at radius 3 is 2.31 bits per heavy atom. The van der Waals surface area contributed by atoms with E-state index in [2.05, 4.69) is 4.40 Å². The van der Waals surface area contributed by atoms with Crippen molar-refractivity contribution in [3.63, 3.8) is 0 Å². The van der Waals surface area contributed by atoms with Gasteiger partial charge in [0.2, 0.25) is 0 Å². The third kappa shape index (κ3) is 4.39. The van der Waals surface area contributed by atoms with Crippen LogP contribution in [-0.4, -0.2) is 24.8 Å². The van der Waals surface area contributed by atoms with Gasteiger partial charge in [-0.05, 0) is 31.2 Å². The van der Waals surface area contributed by atoms with Gasteiger partial charge in [0.1, 0.15) is 0 Å². The van der Waals surface area contributed by atoms with Crippen molar-refractivity contribution in [3.8, 4) is 0 Å². The number of aryl methyl sites for hydroxylation is 1. The lowest BCUT2D eigenvalue weighted by Crippen LogP contribution is -2.17. The first-order valence-corrected chi connectivity index (χ1v) is 11.7. The van der Waals surface area contributed by atoms with Crippen molar-refractivity contribution in [1.29, 1.82) is 0 Å². The lowest BCUT2D eigenvalue weighted by Gasteiger charge is -2.17. The number of allylic oxidation sites excluding steroid dienone is 2. The van der Waals surface area contributed by atoms with Crippen molar-refractivity contribution >= 4 is 39.0 Å². The summed E-state index contributed by atoms with van der Waals surface area (Å²) in [7, 11) is -4.26. The predicted molar refractivity (Wildman–Crippen MR) is 123 cm³/mol. The number of Topliss-reactive ketones (excluding diaryl/α,β-unsaturated/α-hetero) is 1. The molecule has 3 aromatic rings. The van der Waals surface area contributed by atoms with Gasteiger partial charge in [-0.1, -0.05) is 59.8 Å². The monoisotopic (exact) mass is 464 g/mol. The summed E-state index contributed by atoms with van der Waals surface area (Å²) in [6.45, 7) is 1.96. The topological polar surface area (TPSA) is 107 Å². The minimum absolute atomic E-state index is 0.0984. The minimum Gasteiger partial charge on any atom is -0.288 e. The quantitative estimate of drug-likeness (QED) is 0.390. The van der Waals surface area contributed by atoms with E-state index in [0.29, 0.717) is 16.0 Å². The van der Waals surface area contributed by atoms with Crippen LogP contribution in [0, 0.1) is 17.0 Å². The highest BCUT2D eigenvalue weighted by molar-refractivity contribution is 8.04. The van der Waals surface area contributed by atoms with Gasteiger partial charge in [0.15, 0.2) is 5.78 Å². The summed E-state index contributed by atoms with van der Waals surface area (Å²) in [5.41, 5.74) is 1.56. The summed E-state index contributed by atoms with van der Waals surface area (Å²) < 4.78 is 29.8. The largest absolute Gasteiger partial charge is 0.288 e. The summed E-state index contributed by atoms with van der Waals surface area (Å²) in [5, 5.41) is 11.0. The molecule has 9 heteroatoms. The van der Waals surface area contributed by atoms with Gasteiger partial charge in [-0.2, -0.15) is 12.8 Å². The van der Waals surface area contributed by atoms with E-state index in [-0.39, 0.29) is 22.1 Å². The number of nitrogens with zero attached hydrogens (tertiary/aromatic N) is 2. The zero-order valence-corrected chi connectivity index (χ0v) is 18.4. The molecule has 0 spiro atoms. The number of carbonyl (C=O) groups excluding carboxylic acids is 1. The fourth-order valence-corrected chi connectivity index (χ4v) is 5.06. The van der Waals surface area contributed by atoms with Crippen LogP contribution in [0.2, 0.25) is 0 Å². The number of hydrogen-bond donors (Lipinski definition) is 0. The molecular formula is C23H16N2O5S2. The van der Waals surface area contributed by atoms with E-state index in [4.69, 9.17) is 0 Å². The fraction of sp³-hybridized carbons (Fsp3) is 0.0435. The van der Waals surface area contributed by atoms with Crippen molar-refractivity contribution in [2.45, 2.75) is 16.7 Å². The normalized spacial score (nSPS) is 14.7. The molecule has 0 radical (unpaired) electrons. The number of thioether (sulfide) groups is 1. The Balaban J connectivity index is 1.81. The van der Waals surface area contributed by atoms with Gasteiger partial charge in [-0.3, -0.25) is 14.9 Å². The molecule has 3 aromatic carbocycles.